The number of benzene rings is 3. The number of fused-ring (bicyclic) bond motifs is 1. The van der Waals surface area contributed by atoms with Crippen molar-refractivity contribution in [3.63, 3.8) is 0 Å². The van der Waals surface area contributed by atoms with Crippen LogP contribution in [0.2, 0.25) is 0 Å². The third kappa shape index (κ3) is 4.13. The first kappa shape index (κ1) is 19.1. The van der Waals surface area contributed by atoms with Crippen molar-refractivity contribution in [3.8, 4) is 11.1 Å². The van der Waals surface area contributed by atoms with Gasteiger partial charge in [-0.3, -0.25) is 0 Å². The second-order valence-electron chi connectivity index (χ2n) is 7.31. The minimum Gasteiger partial charge on any atom is -0.478 e. The molecule has 1 aliphatic rings. The maximum absolute atomic E-state index is 13.2. The summed E-state index contributed by atoms with van der Waals surface area (Å²) < 4.78 is 13.2. The Bertz CT molecular complexity index is 1080. The minimum atomic E-state index is -1.00. The quantitative estimate of drug-likeness (QED) is 0.561. The Labute approximate surface area is 168 Å². The summed E-state index contributed by atoms with van der Waals surface area (Å²) in [5.74, 6) is -1.32. The van der Waals surface area contributed by atoms with E-state index in [2.05, 4.69) is 0 Å². The van der Waals surface area contributed by atoms with Crippen LogP contribution in [0.5, 0.6) is 0 Å². The Hall–Kier alpha value is -3.24. The molecule has 0 saturated heterocycles. The Morgan fingerprint density at radius 2 is 1.72 bits per heavy atom. The lowest BCUT2D eigenvalue weighted by molar-refractivity contribution is 0.0696. The molecular formula is C25H21FO3. The van der Waals surface area contributed by atoms with Gasteiger partial charge in [-0.2, -0.15) is 0 Å². The van der Waals surface area contributed by atoms with Gasteiger partial charge in [-0.1, -0.05) is 42.5 Å². The summed E-state index contributed by atoms with van der Waals surface area (Å²) in [7, 11) is 0. The van der Waals surface area contributed by atoms with E-state index in [0.29, 0.717) is 5.56 Å². The summed E-state index contributed by atoms with van der Waals surface area (Å²) in [5.41, 5.74) is 5.43. The van der Waals surface area contributed by atoms with Crippen molar-refractivity contribution in [2.45, 2.75) is 25.4 Å². The molecule has 1 atom stereocenters. The molecule has 0 aromatic heterocycles. The van der Waals surface area contributed by atoms with Crippen LogP contribution in [0.1, 0.15) is 51.6 Å². The summed E-state index contributed by atoms with van der Waals surface area (Å²) in [6.45, 7) is 0. The smallest absolute Gasteiger partial charge is 0.336 e. The number of aryl methyl sites for hydroxylation is 1. The fraction of sp³-hybridized carbons (Fsp3) is 0.160. The highest BCUT2D eigenvalue weighted by Gasteiger charge is 2.17. The van der Waals surface area contributed by atoms with E-state index in [0.717, 1.165) is 41.5 Å². The Morgan fingerprint density at radius 3 is 2.48 bits per heavy atom. The molecule has 0 saturated carbocycles. The van der Waals surface area contributed by atoms with Crippen molar-refractivity contribution in [3.05, 3.63) is 94.3 Å². The van der Waals surface area contributed by atoms with Gasteiger partial charge in [0.25, 0.3) is 0 Å². The maximum Gasteiger partial charge on any atom is 0.336 e. The lowest BCUT2D eigenvalue weighted by Gasteiger charge is -2.21. The van der Waals surface area contributed by atoms with Crippen molar-refractivity contribution in [1.82, 2.24) is 0 Å². The van der Waals surface area contributed by atoms with Gasteiger partial charge in [0, 0.05) is 0 Å². The first-order chi connectivity index (χ1) is 14.0. The van der Waals surface area contributed by atoms with Crippen LogP contribution in [0.15, 0.2) is 60.7 Å². The molecule has 0 spiro atoms. The number of halogens is 1. The number of aromatic carboxylic acids is 1. The SMILES string of the molecule is O=C(O)c1ccc(-c2ccc(F)cc2)cc1C=Cc1ccc2c(c1)C(O)CCC2. The zero-order chi connectivity index (χ0) is 20.4. The first-order valence-electron chi connectivity index (χ1n) is 9.63. The van der Waals surface area contributed by atoms with Crippen molar-refractivity contribution in [1.29, 1.82) is 0 Å². The van der Waals surface area contributed by atoms with Crippen LogP contribution >= 0.6 is 0 Å². The highest BCUT2D eigenvalue weighted by molar-refractivity contribution is 5.94. The van der Waals surface area contributed by atoms with Gasteiger partial charge in [0.1, 0.15) is 5.82 Å². The first-order valence-corrected chi connectivity index (χ1v) is 9.63. The largest absolute Gasteiger partial charge is 0.478 e. The Kier molecular flexibility index (Phi) is 5.28. The van der Waals surface area contributed by atoms with E-state index >= 15 is 0 Å². The molecule has 0 radical (unpaired) electrons. The van der Waals surface area contributed by atoms with Gasteiger partial charge in [0.05, 0.1) is 11.7 Å². The standard InChI is InChI=1S/C25H21FO3/c26-21-11-8-17(9-12-21)19-10-13-22(25(28)29)20(15-19)7-5-16-4-6-18-2-1-3-24(27)23(18)14-16/h4-15,24,27H,1-3H2,(H,28,29). The number of aliphatic hydroxyl groups excluding tert-OH is 1. The summed E-state index contributed by atoms with van der Waals surface area (Å²) >= 11 is 0. The summed E-state index contributed by atoms with van der Waals surface area (Å²) in [4.78, 5) is 11.6. The predicted molar refractivity (Wildman–Crippen MR) is 112 cm³/mol. The van der Waals surface area contributed by atoms with Crippen molar-refractivity contribution in [2.75, 3.05) is 0 Å². The molecule has 146 valence electrons. The van der Waals surface area contributed by atoms with Gasteiger partial charge in [0.2, 0.25) is 0 Å². The molecule has 29 heavy (non-hydrogen) atoms. The normalized spacial score (nSPS) is 16.0. The van der Waals surface area contributed by atoms with Gasteiger partial charge in [-0.05, 0) is 83.0 Å². The van der Waals surface area contributed by atoms with E-state index in [4.69, 9.17) is 0 Å². The van der Waals surface area contributed by atoms with E-state index < -0.39 is 12.1 Å². The van der Waals surface area contributed by atoms with Gasteiger partial charge >= 0.3 is 5.97 Å². The van der Waals surface area contributed by atoms with Crippen molar-refractivity contribution < 1.29 is 19.4 Å². The van der Waals surface area contributed by atoms with E-state index in [1.54, 1.807) is 36.4 Å². The van der Waals surface area contributed by atoms with E-state index in [-0.39, 0.29) is 11.4 Å². The second kappa shape index (κ2) is 8.02. The average molecular weight is 388 g/mol. The van der Waals surface area contributed by atoms with Crippen LogP contribution in [-0.4, -0.2) is 16.2 Å². The predicted octanol–water partition coefficient (Wildman–Crippen LogP) is 5.73. The summed E-state index contributed by atoms with van der Waals surface area (Å²) in [5, 5.41) is 19.8. The van der Waals surface area contributed by atoms with Crippen LogP contribution in [0, 0.1) is 5.82 Å². The van der Waals surface area contributed by atoms with Gasteiger partial charge in [0.15, 0.2) is 0 Å². The molecule has 3 aromatic carbocycles. The van der Waals surface area contributed by atoms with E-state index in [1.165, 1.54) is 17.7 Å². The molecule has 4 heteroatoms. The van der Waals surface area contributed by atoms with Crippen LogP contribution in [0.25, 0.3) is 23.3 Å². The number of hydrogen-bond acceptors (Lipinski definition) is 2. The molecule has 0 heterocycles. The Balaban J connectivity index is 1.70. The molecule has 0 bridgehead atoms. The summed E-state index contributed by atoms with van der Waals surface area (Å²) in [6, 6.07) is 17.2. The third-order valence-corrected chi connectivity index (χ3v) is 5.37. The number of carboxylic acid groups (broad SMARTS) is 1. The highest BCUT2D eigenvalue weighted by atomic mass is 19.1. The average Bonchev–Trinajstić information content (AvgIpc) is 2.73. The molecule has 0 fully saturated rings. The third-order valence-electron chi connectivity index (χ3n) is 5.37. The minimum absolute atomic E-state index is 0.199. The lowest BCUT2D eigenvalue weighted by Crippen LogP contribution is -2.09. The second-order valence-corrected chi connectivity index (χ2v) is 7.31. The van der Waals surface area contributed by atoms with Gasteiger partial charge in [-0.15, -0.1) is 0 Å². The zero-order valence-corrected chi connectivity index (χ0v) is 15.8. The van der Waals surface area contributed by atoms with Crippen LogP contribution < -0.4 is 0 Å². The van der Waals surface area contributed by atoms with Gasteiger partial charge in [-0.25, -0.2) is 9.18 Å². The molecule has 0 amide bonds. The number of hydrogen-bond donors (Lipinski definition) is 2. The monoisotopic (exact) mass is 388 g/mol. The van der Waals surface area contributed by atoms with E-state index in [9.17, 15) is 19.4 Å². The topological polar surface area (TPSA) is 57.5 Å². The number of aliphatic hydroxyl groups is 1. The maximum atomic E-state index is 13.2. The Morgan fingerprint density at radius 1 is 0.966 bits per heavy atom. The molecule has 1 unspecified atom stereocenters. The van der Waals surface area contributed by atoms with Crippen LogP contribution in [0.4, 0.5) is 4.39 Å². The zero-order valence-electron chi connectivity index (χ0n) is 15.8. The molecule has 1 aliphatic carbocycles. The lowest BCUT2D eigenvalue weighted by atomic mass is 9.88. The number of rotatable bonds is 4. The molecule has 0 aliphatic heterocycles. The van der Waals surface area contributed by atoms with Crippen LogP contribution in [0.3, 0.4) is 0 Å². The van der Waals surface area contributed by atoms with E-state index in [1.807, 2.05) is 24.3 Å². The van der Waals surface area contributed by atoms with Gasteiger partial charge < -0.3 is 10.2 Å². The van der Waals surface area contributed by atoms with Crippen molar-refractivity contribution >= 4 is 18.1 Å². The highest BCUT2D eigenvalue weighted by Crippen LogP contribution is 2.31. The summed E-state index contributed by atoms with van der Waals surface area (Å²) in [6.07, 6.45) is 5.91. The molecule has 3 aromatic rings. The molecule has 2 N–H and O–H groups in total. The number of carbonyl (C=O) groups is 1. The number of carboxylic acids is 1. The van der Waals surface area contributed by atoms with Crippen LogP contribution in [-0.2, 0) is 6.42 Å². The fourth-order valence-corrected chi connectivity index (χ4v) is 3.80. The molecule has 4 rings (SSSR count). The van der Waals surface area contributed by atoms with Crippen molar-refractivity contribution in [2.24, 2.45) is 0 Å². The fourth-order valence-electron chi connectivity index (χ4n) is 3.80. The molecular weight excluding hydrogens is 367 g/mol. The molecule has 3 nitrogen and oxygen atoms in total.